The molecule has 156 valence electrons. The summed E-state index contributed by atoms with van der Waals surface area (Å²) in [4.78, 5) is 13.0. The van der Waals surface area contributed by atoms with Crippen molar-refractivity contribution in [1.82, 2.24) is 9.62 Å². The molecule has 0 aromatic heterocycles. The molecule has 1 N–H and O–H groups in total. The van der Waals surface area contributed by atoms with Gasteiger partial charge in [0.25, 0.3) is 5.91 Å². The van der Waals surface area contributed by atoms with E-state index in [2.05, 4.69) is 5.32 Å². The van der Waals surface area contributed by atoms with Crippen molar-refractivity contribution in [3.05, 3.63) is 63.7 Å². The topological polar surface area (TPSA) is 66.5 Å². The smallest absolute Gasteiger partial charge is 0.253 e. The Kier molecular flexibility index (Phi) is 6.66. The number of halogens is 1. The van der Waals surface area contributed by atoms with E-state index in [1.54, 1.807) is 0 Å². The third-order valence-corrected chi connectivity index (χ3v) is 7.61. The molecule has 0 saturated carbocycles. The highest BCUT2D eigenvalue weighted by atomic mass is 35.5. The first-order valence-corrected chi connectivity index (χ1v) is 11.7. The number of benzene rings is 2. The number of nitrogens with one attached hydrogen (secondary N) is 1. The molecule has 1 saturated heterocycles. The molecule has 0 spiro atoms. The summed E-state index contributed by atoms with van der Waals surface area (Å²) in [7, 11) is -3.63. The molecule has 1 amide bonds. The fraction of sp³-hybridized carbons (Fsp3) is 0.409. The lowest BCUT2D eigenvalue weighted by Gasteiger charge is -2.26. The van der Waals surface area contributed by atoms with E-state index in [-0.39, 0.29) is 27.4 Å². The maximum absolute atomic E-state index is 13.0. The van der Waals surface area contributed by atoms with Gasteiger partial charge >= 0.3 is 0 Å². The fourth-order valence-electron chi connectivity index (χ4n) is 3.67. The van der Waals surface area contributed by atoms with Crippen molar-refractivity contribution in [1.29, 1.82) is 0 Å². The molecule has 3 rings (SSSR count). The second-order valence-corrected chi connectivity index (χ2v) is 10.0. The molecule has 1 atom stereocenters. The third kappa shape index (κ3) is 4.82. The molecule has 1 heterocycles. The van der Waals surface area contributed by atoms with Gasteiger partial charge < -0.3 is 5.32 Å². The lowest BCUT2D eigenvalue weighted by molar-refractivity contribution is 0.0939. The quantitative estimate of drug-likeness (QED) is 0.746. The van der Waals surface area contributed by atoms with Crippen LogP contribution >= 0.6 is 11.6 Å². The van der Waals surface area contributed by atoms with E-state index >= 15 is 0 Å². The standard InChI is InChI=1S/C22H27ClN2O3S/c1-15-7-8-16(2)19(13-15)17(3)24-22(26)20-14-18(9-10-21(20)23)29(27,28)25-11-5-4-6-12-25/h7-10,13-14,17H,4-6,11-12H2,1-3H3,(H,24,26)/t17-/m0/s1. The maximum atomic E-state index is 13.0. The number of hydrogen-bond acceptors (Lipinski definition) is 3. The molecule has 2 aromatic rings. The molecule has 7 heteroatoms. The Balaban J connectivity index is 1.85. The van der Waals surface area contributed by atoms with E-state index in [1.807, 2.05) is 39.0 Å². The van der Waals surface area contributed by atoms with Crippen LogP contribution in [0.1, 0.15) is 59.3 Å². The molecule has 0 bridgehead atoms. The molecule has 2 aromatic carbocycles. The van der Waals surface area contributed by atoms with Gasteiger partial charge in [-0.15, -0.1) is 0 Å². The minimum absolute atomic E-state index is 0.105. The van der Waals surface area contributed by atoms with E-state index in [0.29, 0.717) is 13.1 Å². The molecule has 0 unspecified atom stereocenters. The molecule has 1 fully saturated rings. The van der Waals surface area contributed by atoms with Gasteiger partial charge in [-0.05, 0) is 62.9 Å². The molecule has 0 radical (unpaired) electrons. The fourth-order valence-corrected chi connectivity index (χ4v) is 5.42. The lowest BCUT2D eigenvalue weighted by Crippen LogP contribution is -2.35. The zero-order chi connectivity index (χ0) is 21.2. The Morgan fingerprint density at radius 3 is 2.45 bits per heavy atom. The van der Waals surface area contributed by atoms with E-state index in [0.717, 1.165) is 36.0 Å². The van der Waals surface area contributed by atoms with Gasteiger partial charge in [0.05, 0.1) is 21.5 Å². The predicted octanol–water partition coefficient (Wildman–Crippen LogP) is 4.62. The van der Waals surface area contributed by atoms with Crippen molar-refractivity contribution in [3.8, 4) is 0 Å². The summed E-state index contributed by atoms with van der Waals surface area (Å²) in [5.74, 6) is -0.390. The Labute approximate surface area is 178 Å². The van der Waals surface area contributed by atoms with E-state index < -0.39 is 10.0 Å². The summed E-state index contributed by atoms with van der Waals surface area (Å²) in [5, 5.41) is 3.18. The van der Waals surface area contributed by atoms with Gasteiger partial charge in [-0.1, -0.05) is 41.8 Å². The summed E-state index contributed by atoms with van der Waals surface area (Å²) in [6.07, 6.45) is 2.75. The highest BCUT2D eigenvalue weighted by molar-refractivity contribution is 7.89. The molecule has 1 aliphatic heterocycles. The van der Waals surface area contributed by atoms with Crippen molar-refractivity contribution < 1.29 is 13.2 Å². The van der Waals surface area contributed by atoms with Gasteiger partial charge in [0.2, 0.25) is 10.0 Å². The molecule has 5 nitrogen and oxygen atoms in total. The Morgan fingerprint density at radius 1 is 1.07 bits per heavy atom. The number of amides is 1. The average molecular weight is 435 g/mol. The van der Waals surface area contributed by atoms with Crippen LogP contribution in [0.3, 0.4) is 0 Å². The first kappa shape index (κ1) is 21.8. The Morgan fingerprint density at radius 2 is 1.76 bits per heavy atom. The Hall–Kier alpha value is -1.89. The van der Waals surface area contributed by atoms with Crippen molar-refractivity contribution in [2.45, 2.75) is 51.0 Å². The summed E-state index contributed by atoms with van der Waals surface area (Å²) in [6, 6.07) is 10.2. The van der Waals surface area contributed by atoms with Crippen LogP contribution < -0.4 is 5.32 Å². The Bertz CT molecular complexity index is 1010. The second kappa shape index (κ2) is 8.86. The van der Waals surface area contributed by atoms with Crippen LogP contribution in [0.15, 0.2) is 41.3 Å². The van der Waals surface area contributed by atoms with Crippen LogP contribution in [0.5, 0.6) is 0 Å². The van der Waals surface area contributed by atoms with Crippen LogP contribution in [0, 0.1) is 13.8 Å². The molecule has 29 heavy (non-hydrogen) atoms. The summed E-state index contributed by atoms with van der Waals surface area (Å²) >= 11 is 6.24. The van der Waals surface area contributed by atoms with Gasteiger partial charge in [-0.25, -0.2) is 8.42 Å². The van der Waals surface area contributed by atoms with Gasteiger partial charge in [0.1, 0.15) is 0 Å². The van der Waals surface area contributed by atoms with Crippen molar-refractivity contribution in [3.63, 3.8) is 0 Å². The van der Waals surface area contributed by atoms with Gasteiger partial charge in [0, 0.05) is 13.1 Å². The number of hydrogen-bond donors (Lipinski definition) is 1. The first-order chi connectivity index (χ1) is 13.7. The number of piperidine rings is 1. The number of carbonyl (C=O) groups is 1. The van der Waals surface area contributed by atoms with Crippen LogP contribution in [0.25, 0.3) is 0 Å². The van der Waals surface area contributed by atoms with Crippen molar-refractivity contribution in [2.24, 2.45) is 0 Å². The highest BCUT2D eigenvalue weighted by Gasteiger charge is 2.27. The minimum atomic E-state index is -3.63. The zero-order valence-electron chi connectivity index (χ0n) is 17.0. The van der Waals surface area contributed by atoms with Crippen molar-refractivity contribution in [2.75, 3.05) is 13.1 Å². The molecular weight excluding hydrogens is 408 g/mol. The van der Waals surface area contributed by atoms with Crippen LogP contribution in [-0.4, -0.2) is 31.7 Å². The van der Waals surface area contributed by atoms with Crippen LogP contribution in [0.4, 0.5) is 0 Å². The van der Waals surface area contributed by atoms with E-state index in [4.69, 9.17) is 11.6 Å². The average Bonchev–Trinajstić information content (AvgIpc) is 2.70. The highest BCUT2D eigenvalue weighted by Crippen LogP contribution is 2.26. The number of carbonyl (C=O) groups excluding carboxylic acids is 1. The summed E-state index contributed by atoms with van der Waals surface area (Å²) in [5.41, 5.74) is 3.38. The number of rotatable bonds is 5. The largest absolute Gasteiger partial charge is 0.345 e. The maximum Gasteiger partial charge on any atom is 0.253 e. The third-order valence-electron chi connectivity index (χ3n) is 5.38. The van der Waals surface area contributed by atoms with E-state index in [9.17, 15) is 13.2 Å². The minimum Gasteiger partial charge on any atom is -0.345 e. The van der Waals surface area contributed by atoms with Crippen LogP contribution in [0.2, 0.25) is 5.02 Å². The number of sulfonamides is 1. The number of aryl methyl sites for hydroxylation is 2. The normalized spacial score (nSPS) is 16.4. The van der Waals surface area contributed by atoms with Gasteiger partial charge in [-0.3, -0.25) is 4.79 Å². The zero-order valence-corrected chi connectivity index (χ0v) is 18.6. The monoisotopic (exact) mass is 434 g/mol. The van der Waals surface area contributed by atoms with E-state index in [1.165, 1.54) is 22.5 Å². The molecular formula is C22H27ClN2O3S. The lowest BCUT2D eigenvalue weighted by atomic mass is 10.00. The SMILES string of the molecule is Cc1ccc(C)c([C@H](C)NC(=O)c2cc(S(=O)(=O)N3CCCCC3)ccc2Cl)c1. The summed E-state index contributed by atoms with van der Waals surface area (Å²) < 4.78 is 27.4. The van der Waals surface area contributed by atoms with Crippen LogP contribution in [-0.2, 0) is 10.0 Å². The van der Waals surface area contributed by atoms with Crippen molar-refractivity contribution >= 4 is 27.5 Å². The van der Waals surface area contributed by atoms with Gasteiger partial charge in [-0.2, -0.15) is 4.31 Å². The second-order valence-electron chi connectivity index (χ2n) is 7.66. The molecule has 0 aliphatic carbocycles. The van der Waals surface area contributed by atoms with Gasteiger partial charge in [0.15, 0.2) is 0 Å². The predicted molar refractivity (Wildman–Crippen MR) is 116 cm³/mol. The summed E-state index contributed by atoms with van der Waals surface area (Å²) in [6.45, 7) is 6.92. The number of nitrogens with zero attached hydrogens (tertiary/aromatic N) is 1. The first-order valence-electron chi connectivity index (χ1n) is 9.88. The molecule has 1 aliphatic rings.